The van der Waals surface area contributed by atoms with Crippen LogP contribution < -0.4 is 91.4 Å². The van der Waals surface area contributed by atoms with E-state index in [9.17, 15) is 39.0 Å². The van der Waals surface area contributed by atoms with Crippen molar-refractivity contribution in [2.24, 2.45) is 11.5 Å². The standard InChI is InChI=1S/2C12H14N2O4.2Na/c2*1-7-2-4-8(5-3-7)11(16)14-9(12(17)18)6-10(13)15;;/h2*2-5,9H,6H2,1H3,(H2,13,15)(H,14,16)(H,17,18);;/q;;2*+1/p-2/t2*9-;;/m00../s1. The smallest absolute Gasteiger partial charge is 0.548 e. The summed E-state index contributed by atoms with van der Waals surface area (Å²) in [5.74, 6) is -5.93. The van der Waals surface area contributed by atoms with E-state index < -0.39 is 60.5 Å². The van der Waals surface area contributed by atoms with Crippen LogP contribution in [0.15, 0.2) is 48.5 Å². The van der Waals surface area contributed by atoms with Gasteiger partial charge in [-0.05, 0) is 38.1 Å². The number of carboxylic acids is 2. The van der Waals surface area contributed by atoms with E-state index in [0.717, 1.165) is 11.1 Å². The Labute approximate surface area is 263 Å². The molecule has 6 N–H and O–H groups in total. The Morgan fingerprint density at radius 3 is 1.11 bits per heavy atom. The first-order valence-corrected chi connectivity index (χ1v) is 10.5. The summed E-state index contributed by atoms with van der Waals surface area (Å²) in [4.78, 5) is 66.2. The van der Waals surface area contributed by atoms with Crippen molar-refractivity contribution in [2.75, 3.05) is 0 Å². The average Bonchev–Trinajstić information content (AvgIpc) is 2.78. The number of nitrogens with one attached hydrogen (secondary N) is 2. The number of nitrogens with two attached hydrogens (primary N) is 2. The van der Waals surface area contributed by atoms with Crippen molar-refractivity contribution < 1.29 is 98.1 Å². The molecule has 2 aromatic carbocycles. The van der Waals surface area contributed by atoms with Gasteiger partial charge in [0.15, 0.2) is 0 Å². The number of aliphatic carboxylic acids is 2. The second kappa shape index (κ2) is 18.5. The molecule has 0 aromatic heterocycles. The minimum atomic E-state index is -1.55. The first-order chi connectivity index (χ1) is 16.8. The molecule has 0 spiro atoms. The number of carboxylic acid groups (broad SMARTS) is 2. The van der Waals surface area contributed by atoms with E-state index in [1.165, 1.54) is 0 Å². The van der Waals surface area contributed by atoms with Gasteiger partial charge in [-0.2, -0.15) is 0 Å². The molecule has 0 saturated carbocycles. The van der Waals surface area contributed by atoms with Gasteiger partial charge in [0.2, 0.25) is 11.8 Å². The molecule has 0 radical (unpaired) electrons. The third-order valence-electron chi connectivity index (χ3n) is 4.62. The molecule has 2 atom stereocenters. The summed E-state index contributed by atoms with van der Waals surface area (Å²) in [6, 6.07) is 10.3. The van der Waals surface area contributed by atoms with Crippen LogP contribution in [-0.2, 0) is 19.2 Å². The van der Waals surface area contributed by atoms with Crippen LogP contribution in [0.25, 0.3) is 0 Å². The van der Waals surface area contributed by atoms with Gasteiger partial charge in [0.25, 0.3) is 11.8 Å². The van der Waals surface area contributed by atoms with Gasteiger partial charge < -0.3 is 41.9 Å². The van der Waals surface area contributed by atoms with Crippen LogP contribution >= 0.6 is 0 Å². The summed E-state index contributed by atoms with van der Waals surface area (Å²) < 4.78 is 0. The molecule has 0 saturated heterocycles. The maximum atomic E-state index is 11.7. The Morgan fingerprint density at radius 2 is 0.895 bits per heavy atom. The van der Waals surface area contributed by atoms with Gasteiger partial charge in [0.05, 0.1) is 36.9 Å². The maximum absolute atomic E-state index is 11.7. The fourth-order valence-corrected chi connectivity index (χ4v) is 2.68. The van der Waals surface area contributed by atoms with Gasteiger partial charge in [0.1, 0.15) is 0 Å². The van der Waals surface area contributed by atoms with Crippen molar-refractivity contribution in [3.63, 3.8) is 0 Å². The van der Waals surface area contributed by atoms with Gasteiger partial charge in [-0.3, -0.25) is 19.2 Å². The van der Waals surface area contributed by atoms with Crippen LogP contribution in [0, 0.1) is 13.8 Å². The predicted molar refractivity (Wildman–Crippen MR) is 123 cm³/mol. The molecule has 2 aromatic rings. The fraction of sp³-hybridized carbons (Fsp3) is 0.250. The molecular weight excluding hydrogens is 518 g/mol. The predicted octanol–water partition coefficient (Wildman–Crippen LogP) is -8.55. The monoisotopic (exact) mass is 544 g/mol. The number of carbonyl (C=O) groups excluding carboxylic acids is 6. The molecule has 12 nitrogen and oxygen atoms in total. The Kier molecular flexibility index (Phi) is 18.2. The Balaban J connectivity index is 0. The number of rotatable bonds is 10. The van der Waals surface area contributed by atoms with E-state index in [2.05, 4.69) is 10.6 Å². The number of carbonyl (C=O) groups is 6. The molecule has 0 aliphatic heterocycles. The molecule has 0 bridgehead atoms. The van der Waals surface area contributed by atoms with Crippen molar-refractivity contribution in [3.05, 3.63) is 70.8 Å². The minimum Gasteiger partial charge on any atom is -0.548 e. The zero-order valence-corrected chi connectivity index (χ0v) is 25.6. The maximum Gasteiger partial charge on any atom is 1.00 e. The zero-order chi connectivity index (χ0) is 27.4. The van der Waals surface area contributed by atoms with Crippen LogP contribution in [0.5, 0.6) is 0 Å². The number of aryl methyl sites for hydroxylation is 2. The molecule has 14 heteroatoms. The van der Waals surface area contributed by atoms with Gasteiger partial charge in [-0.1, -0.05) is 35.4 Å². The topological polar surface area (TPSA) is 225 Å². The Hall–Kier alpha value is -2.74. The molecule has 38 heavy (non-hydrogen) atoms. The number of hydrogen-bond acceptors (Lipinski definition) is 8. The van der Waals surface area contributed by atoms with Crippen molar-refractivity contribution in [1.82, 2.24) is 10.6 Å². The molecule has 0 fully saturated rings. The zero-order valence-electron chi connectivity index (χ0n) is 21.6. The van der Waals surface area contributed by atoms with E-state index >= 15 is 0 Å². The van der Waals surface area contributed by atoms with Crippen molar-refractivity contribution in [3.8, 4) is 0 Å². The summed E-state index contributed by atoms with van der Waals surface area (Å²) in [5, 5.41) is 25.8. The summed E-state index contributed by atoms with van der Waals surface area (Å²) in [7, 11) is 0. The number of hydrogen-bond donors (Lipinski definition) is 4. The van der Waals surface area contributed by atoms with E-state index in [4.69, 9.17) is 11.5 Å². The van der Waals surface area contributed by atoms with Crippen LogP contribution in [0.2, 0.25) is 0 Å². The molecule has 0 heterocycles. The van der Waals surface area contributed by atoms with Crippen LogP contribution in [0.3, 0.4) is 0 Å². The van der Waals surface area contributed by atoms with E-state index in [0.29, 0.717) is 11.1 Å². The molecule has 2 rings (SSSR count). The third kappa shape index (κ3) is 14.3. The summed E-state index contributed by atoms with van der Waals surface area (Å²) in [6.45, 7) is 3.72. The van der Waals surface area contributed by atoms with E-state index in [1.54, 1.807) is 48.5 Å². The second-order valence-corrected chi connectivity index (χ2v) is 7.76. The van der Waals surface area contributed by atoms with Crippen LogP contribution in [-0.4, -0.2) is 47.7 Å². The van der Waals surface area contributed by atoms with Gasteiger partial charge in [0, 0.05) is 11.1 Å². The van der Waals surface area contributed by atoms with Crippen LogP contribution in [0.4, 0.5) is 0 Å². The normalized spacial score (nSPS) is 11.0. The third-order valence-corrected chi connectivity index (χ3v) is 4.62. The van der Waals surface area contributed by atoms with Crippen molar-refractivity contribution in [2.45, 2.75) is 38.8 Å². The number of benzene rings is 2. The molecule has 0 unspecified atom stereocenters. The van der Waals surface area contributed by atoms with Crippen molar-refractivity contribution in [1.29, 1.82) is 0 Å². The Bertz CT molecular complexity index is 1040. The summed E-state index contributed by atoms with van der Waals surface area (Å²) in [6.07, 6.45) is -1.00. The minimum absolute atomic E-state index is 0. The Morgan fingerprint density at radius 1 is 0.632 bits per heavy atom. The number of primary amides is 2. The first kappa shape index (κ1) is 37.4. The molecular formula is C24H26N4Na2O8. The SMILES string of the molecule is Cc1ccc(C(=O)N[C@@H](CC(N)=O)C(=O)[O-])cc1.Cc1ccc(C(=O)N[C@@H](CC(N)=O)C(=O)[O-])cc1.[Na+].[Na+]. The summed E-state index contributed by atoms with van der Waals surface area (Å²) >= 11 is 0. The average molecular weight is 544 g/mol. The van der Waals surface area contributed by atoms with E-state index in [1.807, 2.05) is 13.8 Å². The van der Waals surface area contributed by atoms with Gasteiger partial charge in [-0.25, -0.2) is 0 Å². The summed E-state index contributed by atoms with van der Waals surface area (Å²) in [5.41, 5.74) is 12.3. The molecule has 0 aliphatic rings. The number of amides is 4. The van der Waals surface area contributed by atoms with Gasteiger partial charge >= 0.3 is 59.1 Å². The quantitative estimate of drug-likeness (QED) is 0.210. The molecule has 4 amide bonds. The van der Waals surface area contributed by atoms with Gasteiger partial charge in [-0.15, -0.1) is 0 Å². The fourth-order valence-electron chi connectivity index (χ4n) is 2.68. The van der Waals surface area contributed by atoms with Crippen LogP contribution in [0.1, 0.15) is 44.7 Å². The molecule has 192 valence electrons. The largest absolute Gasteiger partial charge is 1.00 e. The van der Waals surface area contributed by atoms with E-state index in [-0.39, 0.29) is 59.1 Å². The second-order valence-electron chi connectivity index (χ2n) is 7.76. The first-order valence-electron chi connectivity index (χ1n) is 10.5. The van der Waals surface area contributed by atoms with Crippen molar-refractivity contribution >= 4 is 35.6 Å². The molecule has 0 aliphatic carbocycles.